The van der Waals surface area contributed by atoms with Crippen LogP contribution >= 0.6 is 0 Å². The van der Waals surface area contributed by atoms with Crippen molar-refractivity contribution in [3.8, 4) is 5.75 Å². The second-order valence-corrected chi connectivity index (χ2v) is 4.48. The van der Waals surface area contributed by atoms with Crippen molar-refractivity contribution < 1.29 is 23.0 Å². The zero-order chi connectivity index (χ0) is 15.2. The number of rotatable bonds is 7. The first-order valence-corrected chi connectivity index (χ1v) is 6.37. The molecule has 1 aromatic carbocycles. The van der Waals surface area contributed by atoms with Crippen molar-refractivity contribution in [1.29, 1.82) is 0 Å². The summed E-state index contributed by atoms with van der Waals surface area (Å²) in [6.45, 7) is 3.70. The average Bonchev–Trinajstić information content (AvgIpc) is 2.42. The summed E-state index contributed by atoms with van der Waals surface area (Å²) >= 11 is 0. The van der Waals surface area contributed by atoms with Crippen LogP contribution in [0.25, 0.3) is 0 Å². The number of carbonyl (C=O) groups is 1. The summed E-state index contributed by atoms with van der Waals surface area (Å²) in [5, 5.41) is 2.85. The predicted octanol–water partition coefficient (Wildman–Crippen LogP) is 2.27. The molecule has 0 radical (unpaired) electrons. The van der Waals surface area contributed by atoms with Crippen LogP contribution in [0.3, 0.4) is 0 Å². The van der Waals surface area contributed by atoms with Gasteiger partial charge in [0, 0.05) is 12.5 Å². The molecule has 0 amide bonds. The molecule has 0 heterocycles. The number of benzene rings is 1. The number of halogens is 2. The Hall–Kier alpha value is -1.69. The minimum absolute atomic E-state index is 0.0521. The lowest BCUT2D eigenvalue weighted by Gasteiger charge is -2.26. The molecule has 1 aromatic rings. The standard InChI is InChI=1S/C14H19F2NO3/c1-4-19-13(18)14(2,17-3)7-8-20-12-9-10(15)5-6-11(12)16/h5-6,9,17H,4,7-8H2,1-3H3. The Balaban J connectivity index is 2.61. The first-order valence-electron chi connectivity index (χ1n) is 6.37. The summed E-state index contributed by atoms with van der Waals surface area (Å²) in [6, 6.07) is 2.97. The number of carbonyl (C=O) groups excluding carboxylic acids is 1. The highest BCUT2D eigenvalue weighted by Gasteiger charge is 2.32. The van der Waals surface area contributed by atoms with E-state index in [4.69, 9.17) is 9.47 Å². The van der Waals surface area contributed by atoms with E-state index in [1.807, 2.05) is 0 Å². The van der Waals surface area contributed by atoms with Gasteiger partial charge < -0.3 is 14.8 Å². The second-order valence-electron chi connectivity index (χ2n) is 4.48. The maximum absolute atomic E-state index is 13.4. The van der Waals surface area contributed by atoms with Crippen molar-refractivity contribution in [2.45, 2.75) is 25.8 Å². The zero-order valence-electron chi connectivity index (χ0n) is 11.8. The van der Waals surface area contributed by atoms with Gasteiger partial charge in [-0.25, -0.2) is 8.78 Å². The molecule has 1 N–H and O–H groups in total. The van der Waals surface area contributed by atoms with Gasteiger partial charge in [0.05, 0.1) is 13.2 Å². The van der Waals surface area contributed by atoms with Crippen LogP contribution in [-0.4, -0.2) is 31.8 Å². The fourth-order valence-electron chi connectivity index (χ4n) is 1.57. The molecule has 0 saturated carbocycles. The van der Waals surface area contributed by atoms with Gasteiger partial charge in [-0.2, -0.15) is 0 Å². The van der Waals surface area contributed by atoms with E-state index in [9.17, 15) is 13.6 Å². The van der Waals surface area contributed by atoms with Gasteiger partial charge in [0.2, 0.25) is 0 Å². The lowest BCUT2D eigenvalue weighted by molar-refractivity contribution is -0.150. The lowest BCUT2D eigenvalue weighted by atomic mass is 9.99. The molecule has 112 valence electrons. The summed E-state index contributed by atoms with van der Waals surface area (Å²) in [7, 11) is 1.62. The third kappa shape index (κ3) is 4.16. The van der Waals surface area contributed by atoms with Crippen LogP contribution in [0.1, 0.15) is 20.3 Å². The van der Waals surface area contributed by atoms with Gasteiger partial charge in [-0.15, -0.1) is 0 Å². The van der Waals surface area contributed by atoms with E-state index in [-0.39, 0.29) is 25.4 Å². The van der Waals surface area contributed by atoms with E-state index in [0.29, 0.717) is 0 Å². The van der Waals surface area contributed by atoms with Crippen LogP contribution in [0.4, 0.5) is 8.78 Å². The van der Waals surface area contributed by atoms with Crippen LogP contribution in [0.5, 0.6) is 5.75 Å². The van der Waals surface area contributed by atoms with Crippen LogP contribution in [0, 0.1) is 11.6 Å². The van der Waals surface area contributed by atoms with Crippen LogP contribution < -0.4 is 10.1 Å². The maximum atomic E-state index is 13.4. The minimum atomic E-state index is -0.931. The average molecular weight is 287 g/mol. The fourth-order valence-corrected chi connectivity index (χ4v) is 1.57. The van der Waals surface area contributed by atoms with Crippen molar-refractivity contribution in [3.05, 3.63) is 29.8 Å². The largest absolute Gasteiger partial charge is 0.490 e. The Kier molecular flexibility index (Phi) is 5.88. The van der Waals surface area contributed by atoms with Gasteiger partial charge >= 0.3 is 5.97 Å². The monoisotopic (exact) mass is 287 g/mol. The minimum Gasteiger partial charge on any atom is -0.490 e. The van der Waals surface area contributed by atoms with Gasteiger partial charge in [-0.1, -0.05) is 0 Å². The molecule has 0 saturated heterocycles. The molecule has 0 fully saturated rings. The molecule has 0 spiro atoms. The van der Waals surface area contributed by atoms with E-state index in [2.05, 4.69) is 5.32 Å². The lowest BCUT2D eigenvalue weighted by Crippen LogP contribution is -2.49. The van der Waals surface area contributed by atoms with Crippen molar-refractivity contribution in [3.63, 3.8) is 0 Å². The normalized spacial score (nSPS) is 13.7. The Morgan fingerprint density at radius 3 is 2.70 bits per heavy atom. The van der Waals surface area contributed by atoms with Gasteiger partial charge in [0.15, 0.2) is 11.6 Å². The van der Waals surface area contributed by atoms with E-state index < -0.39 is 23.1 Å². The van der Waals surface area contributed by atoms with Crippen molar-refractivity contribution in [2.24, 2.45) is 0 Å². The van der Waals surface area contributed by atoms with Crippen molar-refractivity contribution >= 4 is 5.97 Å². The molecular weight excluding hydrogens is 268 g/mol. The highest BCUT2D eigenvalue weighted by atomic mass is 19.1. The highest BCUT2D eigenvalue weighted by Crippen LogP contribution is 2.19. The summed E-state index contributed by atoms with van der Waals surface area (Å²) in [6.07, 6.45) is 0.262. The Labute approximate surface area is 117 Å². The third-order valence-electron chi connectivity index (χ3n) is 3.03. The Bertz CT molecular complexity index is 468. The van der Waals surface area contributed by atoms with E-state index in [0.717, 1.165) is 18.2 Å². The van der Waals surface area contributed by atoms with Gasteiger partial charge in [-0.3, -0.25) is 4.79 Å². The molecule has 6 heteroatoms. The smallest absolute Gasteiger partial charge is 0.326 e. The Morgan fingerprint density at radius 2 is 2.10 bits per heavy atom. The van der Waals surface area contributed by atoms with E-state index in [1.54, 1.807) is 20.9 Å². The summed E-state index contributed by atoms with van der Waals surface area (Å²) < 4.78 is 36.5. The molecule has 4 nitrogen and oxygen atoms in total. The molecule has 20 heavy (non-hydrogen) atoms. The molecule has 0 aliphatic heterocycles. The molecule has 0 aromatic heterocycles. The van der Waals surface area contributed by atoms with Crippen LogP contribution in [0.2, 0.25) is 0 Å². The number of hydrogen-bond donors (Lipinski definition) is 1. The van der Waals surface area contributed by atoms with Crippen LogP contribution in [-0.2, 0) is 9.53 Å². The molecule has 1 rings (SSSR count). The number of hydrogen-bond acceptors (Lipinski definition) is 4. The predicted molar refractivity (Wildman–Crippen MR) is 70.6 cm³/mol. The Morgan fingerprint density at radius 1 is 1.40 bits per heavy atom. The van der Waals surface area contributed by atoms with Gasteiger partial charge in [0.1, 0.15) is 11.4 Å². The van der Waals surface area contributed by atoms with Crippen molar-refractivity contribution in [1.82, 2.24) is 5.32 Å². The van der Waals surface area contributed by atoms with Crippen LogP contribution in [0.15, 0.2) is 18.2 Å². The van der Waals surface area contributed by atoms with Gasteiger partial charge in [0.25, 0.3) is 0 Å². The van der Waals surface area contributed by atoms with E-state index in [1.165, 1.54) is 0 Å². The molecule has 1 atom stereocenters. The van der Waals surface area contributed by atoms with E-state index >= 15 is 0 Å². The molecular formula is C14H19F2NO3. The second kappa shape index (κ2) is 7.19. The number of likely N-dealkylation sites (N-methyl/N-ethyl adjacent to an activating group) is 1. The highest BCUT2D eigenvalue weighted by molar-refractivity contribution is 5.80. The SMILES string of the molecule is CCOC(=O)C(C)(CCOc1cc(F)ccc1F)NC. The fraction of sp³-hybridized carbons (Fsp3) is 0.500. The topological polar surface area (TPSA) is 47.6 Å². The molecule has 0 bridgehead atoms. The number of esters is 1. The third-order valence-corrected chi connectivity index (χ3v) is 3.03. The van der Waals surface area contributed by atoms with Crippen molar-refractivity contribution in [2.75, 3.05) is 20.3 Å². The number of ether oxygens (including phenoxy) is 2. The molecule has 0 aliphatic carbocycles. The number of nitrogens with one attached hydrogen (secondary N) is 1. The maximum Gasteiger partial charge on any atom is 0.326 e. The summed E-state index contributed by atoms with van der Waals surface area (Å²) in [5.74, 6) is -1.81. The summed E-state index contributed by atoms with van der Waals surface area (Å²) in [4.78, 5) is 11.8. The first kappa shape index (κ1) is 16.4. The summed E-state index contributed by atoms with van der Waals surface area (Å²) in [5.41, 5.74) is -0.931. The first-order chi connectivity index (χ1) is 9.42. The zero-order valence-corrected chi connectivity index (χ0v) is 11.8. The van der Waals surface area contributed by atoms with Gasteiger partial charge in [-0.05, 0) is 33.0 Å². The quantitative estimate of drug-likeness (QED) is 0.782. The molecule has 0 aliphatic rings. The molecule has 1 unspecified atom stereocenters.